The van der Waals surface area contributed by atoms with E-state index in [1.807, 2.05) is 6.07 Å². The summed E-state index contributed by atoms with van der Waals surface area (Å²) >= 11 is 0. The van der Waals surface area contributed by atoms with Crippen molar-refractivity contribution in [3.05, 3.63) is 35.5 Å². The minimum Gasteiger partial charge on any atom is -0.464 e. The number of esters is 1. The van der Waals surface area contributed by atoms with Crippen LogP contribution in [0.1, 0.15) is 34.8 Å². The van der Waals surface area contributed by atoms with Crippen LogP contribution >= 0.6 is 0 Å². The molecule has 1 aliphatic rings. The Balaban J connectivity index is 1.93. The van der Waals surface area contributed by atoms with Crippen LogP contribution in [-0.4, -0.2) is 31.3 Å². The lowest BCUT2D eigenvalue weighted by Crippen LogP contribution is -2.13. The Bertz CT molecular complexity index is 596. The summed E-state index contributed by atoms with van der Waals surface area (Å²) in [6.07, 6.45) is 2.13. The average molecular weight is 259 g/mol. The van der Waals surface area contributed by atoms with E-state index < -0.39 is 0 Å². The third kappa shape index (κ3) is 2.36. The zero-order valence-electron chi connectivity index (χ0n) is 10.9. The lowest BCUT2D eigenvalue weighted by atomic mass is 9.91. The van der Waals surface area contributed by atoms with Gasteiger partial charge in [-0.3, -0.25) is 0 Å². The number of carbonyl (C=O) groups is 1. The highest BCUT2D eigenvalue weighted by atomic mass is 16.5. The van der Waals surface area contributed by atoms with E-state index in [9.17, 15) is 4.79 Å². The fourth-order valence-corrected chi connectivity index (χ4v) is 2.65. The summed E-state index contributed by atoms with van der Waals surface area (Å²) in [6.45, 7) is 1.67. The van der Waals surface area contributed by atoms with Crippen LogP contribution in [-0.2, 0) is 9.47 Å². The lowest BCUT2D eigenvalue weighted by Gasteiger charge is -2.22. The van der Waals surface area contributed by atoms with Crippen molar-refractivity contribution in [1.82, 2.24) is 4.98 Å². The molecule has 100 valence electrons. The van der Waals surface area contributed by atoms with Gasteiger partial charge in [-0.15, -0.1) is 0 Å². The molecule has 2 heterocycles. The second-order valence-electron chi connectivity index (χ2n) is 4.91. The van der Waals surface area contributed by atoms with Crippen molar-refractivity contribution in [2.75, 3.05) is 20.3 Å². The van der Waals surface area contributed by atoms with Gasteiger partial charge in [0.2, 0.25) is 0 Å². The number of aromatic nitrogens is 1. The smallest absolute Gasteiger partial charge is 0.354 e. The maximum absolute atomic E-state index is 11.5. The van der Waals surface area contributed by atoms with Gasteiger partial charge in [-0.05, 0) is 36.5 Å². The third-order valence-corrected chi connectivity index (χ3v) is 3.74. The molecule has 1 N–H and O–H groups in total. The predicted octanol–water partition coefficient (Wildman–Crippen LogP) is 2.85. The first-order chi connectivity index (χ1) is 9.28. The van der Waals surface area contributed by atoms with Gasteiger partial charge in [0.15, 0.2) is 0 Å². The number of fused-ring (bicyclic) bond motifs is 1. The maximum Gasteiger partial charge on any atom is 0.354 e. The molecule has 0 amide bonds. The molecule has 19 heavy (non-hydrogen) atoms. The zero-order chi connectivity index (χ0) is 13.2. The molecule has 1 aliphatic heterocycles. The van der Waals surface area contributed by atoms with Gasteiger partial charge in [0.1, 0.15) is 5.69 Å². The largest absolute Gasteiger partial charge is 0.464 e. The first-order valence-electron chi connectivity index (χ1n) is 6.56. The van der Waals surface area contributed by atoms with Gasteiger partial charge in [-0.25, -0.2) is 4.79 Å². The van der Waals surface area contributed by atoms with Gasteiger partial charge in [0, 0.05) is 24.1 Å². The summed E-state index contributed by atoms with van der Waals surface area (Å²) in [5.74, 6) is 0.229. The molecule has 0 aliphatic carbocycles. The van der Waals surface area contributed by atoms with Gasteiger partial charge in [0.05, 0.1) is 7.11 Å². The summed E-state index contributed by atoms with van der Waals surface area (Å²) in [4.78, 5) is 14.6. The van der Waals surface area contributed by atoms with Gasteiger partial charge < -0.3 is 14.5 Å². The van der Waals surface area contributed by atoms with Crippen LogP contribution in [0.2, 0.25) is 0 Å². The molecule has 1 saturated heterocycles. The number of benzene rings is 1. The van der Waals surface area contributed by atoms with E-state index in [0.717, 1.165) is 37.0 Å². The Hall–Kier alpha value is -1.81. The number of aromatic amines is 1. The van der Waals surface area contributed by atoms with Crippen molar-refractivity contribution in [3.63, 3.8) is 0 Å². The number of ether oxygens (including phenoxy) is 2. The molecule has 1 aromatic heterocycles. The molecule has 1 fully saturated rings. The number of methoxy groups -OCH3 is 1. The topological polar surface area (TPSA) is 51.3 Å². The number of rotatable bonds is 2. The van der Waals surface area contributed by atoms with E-state index in [2.05, 4.69) is 23.2 Å². The zero-order valence-corrected chi connectivity index (χ0v) is 10.9. The third-order valence-electron chi connectivity index (χ3n) is 3.74. The van der Waals surface area contributed by atoms with Gasteiger partial charge in [-0.1, -0.05) is 12.1 Å². The van der Waals surface area contributed by atoms with E-state index in [0.29, 0.717) is 11.6 Å². The Labute approximate surface area is 111 Å². The Morgan fingerprint density at radius 3 is 2.84 bits per heavy atom. The summed E-state index contributed by atoms with van der Waals surface area (Å²) in [5, 5.41) is 1.04. The molecule has 0 bridgehead atoms. The number of nitrogens with one attached hydrogen (secondary N) is 1. The molecule has 0 unspecified atom stereocenters. The number of hydrogen-bond donors (Lipinski definition) is 1. The number of carbonyl (C=O) groups excluding carboxylic acids is 1. The minimum absolute atomic E-state index is 0.330. The van der Waals surface area contributed by atoms with Crippen molar-refractivity contribution in [3.8, 4) is 0 Å². The fourth-order valence-electron chi connectivity index (χ4n) is 2.65. The molecule has 0 saturated carbocycles. The lowest BCUT2D eigenvalue weighted by molar-refractivity contribution is 0.0595. The van der Waals surface area contributed by atoms with E-state index in [1.165, 1.54) is 12.7 Å². The molecule has 4 nitrogen and oxygen atoms in total. The van der Waals surface area contributed by atoms with E-state index in [1.54, 1.807) is 0 Å². The molecular formula is C15H17NO3. The Morgan fingerprint density at radius 2 is 2.11 bits per heavy atom. The standard InChI is InChI=1S/C15H17NO3/c1-18-15(17)14-9-12-3-2-11(8-13(12)16-14)10-4-6-19-7-5-10/h2-3,8-10,16H,4-7H2,1H3. The highest BCUT2D eigenvalue weighted by Gasteiger charge is 2.17. The first-order valence-corrected chi connectivity index (χ1v) is 6.56. The van der Waals surface area contributed by atoms with Crippen molar-refractivity contribution >= 4 is 16.9 Å². The number of H-pyrrole nitrogens is 1. The average Bonchev–Trinajstić information content (AvgIpc) is 2.90. The summed E-state index contributed by atoms with van der Waals surface area (Å²) in [6, 6.07) is 8.17. The summed E-state index contributed by atoms with van der Waals surface area (Å²) in [5.41, 5.74) is 2.81. The minimum atomic E-state index is -0.330. The van der Waals surface area contributed by atoms with Crippen LogP contribution in [0.15, 0.2) is 24.3 Å². The molecule has 0 atom stereocenters. The summed E-state index contributed by atoms with van der Waals surface area (Å²) in [7, 11) is 1.39. The molecule has 0 spiro atoms. The van der Waals surface area contributed by atoms with Crippen LogP contribution in [0.25, 0.3) is 10.9 Å². The van der Waals surface area contributed by atoms with Crippen molar-refractivity contribution < 1.29 is 14.3 Å². The van der Waals surface area contributed by atoms with Crippen LogP contribution in [0, 0.1) is 0 Å². The van der Waals surface area contributed by atoms with Crippen molar-refractivity contribution in [1.29, 1.82) is 0 Å². The molecule has 0 radical (unpaired) electrons. The second kappa shape index (κ2) is 5.05. The van der Waals surface area contributed by atoms with Crippen LogP contribution in [0.3, 0.4) is 0 Å². The van der Waals surface area contributed by atoms with Crippen LogP contribution in [0.4, 0.5) is 0 Å². The van der Waals surface area contributed by atoms with Gasteiger partial charge in [0.25, 0.3) is 0 Å². The molecule has 2 aromatic rings. The second-order valence-corrected chi connectivity index (χ2v) is 4.91. The highest BCUT2D eigenvalue weighted by molar-refractivity contribution is 5.94. The molecule has 4 heteroatoms. The monoisotopic (exact) mass is 259 g/mol. The molecular weight excluding hydrogens is 242 g/mol. The Kier molecular flexibility index (Phi) is 3.25. The van der Waals surface area contributed by atoms with E-state index >= 15 is 0 Å². The van der Waals surface area contributed by atoms with Gasteiger partial charge >= 0.3 is 5.97 Å². The van der Waals surface area contributed by atoms with Crippen LogP contribution < -0.4 is 0 Å². The van der Waals surface area contributed by atoms with Crippen molar-refractivity contribution in [2.45, 2.75) is 18.8 Å². The van der Waals surface area contributed by atoms with Crippen LogP contribution in [0.5, 0.6) is 0 Å². The molecule has 1 aromatic carbocycles. The Morgan fingerprint density at radius 1 is 1.32 bits per heavy atom. The predicted molar refractivity (Wildman–Crippen MR) is 72.4 cm³/mol. The normalized spacial score (nSPS) is 16.7. The van der Waals surface area contributed by atoms with Gasteiger partial charge in [-0.2, -0.15) is 0 Å². The first kappa shape index (κ1) is 12.2. The van der Waals surface area contributed by atoms with E-state index in [4.69, 9.17) is 9.47 Å². The quantitative estimate of drug-likeness (QED) is 0.844. The number of hydrogen-bond acceptors (Lipinski definition) is 3. The molecule has 3 rings (SSSR count). The van der Waals surface area contributed by atoms with E-state index in [-0.39, 0.29) is 5.97 Å². The SMILES string of the molecule is COC(=O)c1cc2ccc(C3CCOCC3)cc2[nH]1. The fraction of sp³-hybridized carbons (Fsp3) is 0.400. The maximum atomic E-state index is 11.5. The highest BCUT2D eigenvalue weighted by Crippen LogP contribution is 2.29. The summed E-state index contributed by atoms with van der Waals surface area (Å²) < 4.78 is 10.1. The van der Waals surface area contributed by atoms with Crippen molar-refractivity contribution in [2.24, 2.45) is 0 Å².